The zero-order valence-electron chi connectivity index (χ0n) is 13.1. The average molecular weight is 299 g/mol. The Hall–Kier alpha value is -1.51. The van der Waals surface area contributed by atoms with Crippen LogP contribution in [0.2, 0.25) is 0 Å². The van der Waals surface area contributed by atoms with E-state index >= 15 is 0 Å². The zero-order valence-corrected chi connectivity index (χ0v) is 13.1. The summed E-state index contributed by atoms with van der Waals surface area (Å²) in [6.45, 7) is 0.146. The number of benzene rings is 1. The number of carbonyl (C=O) groups is 1. The van der Waals surface area contributed by atoms with Crippen molar-refractivity contribution >= 4 is 5.91 Å². The predicted octanol–water partition coefficient (Wildman–Crippen LogP) is 3.25. The van der Waals surface area contributed by atoms with Crippen LogP contribution < -0.4 is 10.1 Å². The monoisotopic (exact) mass is 299 g/mol. The highest BCUT2D eigenvalue weighted by Gasteiger charge is 2.40. The minimum Gasteiger partial charge on any atom is -0.484 e. The predicted molar refractivity (Wildman–Crippen MR) is 86.0 cm³/mol. The number of aryl methyl sites for hydroxylation is 2. The Balaban J connectivity index is 1.30. The Morgan fingerprint density at radius 1 is 1.14 bits per heavy atom. The molecule has 0 heterocycles. The number of fused-ring (bicyclic) bond motifs is 3. The third-order valence-corrected chi connectivity index (χ3v) is 5.77. The maximum Gasteiger partial charge on any atom is 0.258 e. The molecule has 1 aromatic rings. The molecule has 0 aliphatic heterocycles. The molecule has 3 atom stereocenters. The first kappa shape index (κ1) is 14.1. The molecular formula is C19H25NO2. The Morgan fingerprint density at radius 2 is 2.00 bits per heavy atom. The van der Waals surface area contributed by atoms with Crippen LogP contribution in [0.4, 0.5) is 0 Å². The van der Waals surface area contributed by atoms with E-state index < -0.39 is 0 Å². The first-order valence-corrected chi connectivity index (χ1v) is 8.82. The summed E-state index contributed by atoms with van der Waals surface area (Å²) in [4.78, 5) is 12.1. The maximum atomic E-state index is 12.1. The van der Waals surface area contributed by atoms with Crippen LogP contribution in [-0.2, 0) is 17.6 Å². The molecule has 4 rings (SSSR count). The first-order valence-electron chi connectivity index (χ1n) is 8.82. The normalized spacial score (nSPS) is 29.2. The van der Waals surface area contributed by atoms with Gasteiger partial charge < -0.3 is 10.1 Å². The molecule has 1 amide bonds. The fraction of sp³-hybridized carbons (Fsp3) is 0.632. The molecule has 2 saturated carbocycles. The second kappa shape index (κ2) is 5.94. The summed E-state index contributed by atoms with van der Waals surface area (Å²) >= 11 is 0. The zero-order chi connectivity index (χ0) is 14.9. The van der Waals surface area contributed by atoms with Gasteiger partial charge in [0.2, 0.25) is 0 Å². The van der Waals surface area contributed by atoms with Crippen LogP contribution in [-0.4, -0.2) is 18.6 Å². The SMILES string of the molecule is O=C(COc1ccc2c(c1)CCCC2)N[C@@H]1C[C@H]2CC[C@H]1C2. The van der Waals surface area contributed by atoms with Gasteiger partial charge in [-0.2, -0.15) is 0 Å². The molecule has 3 aliphatic rings. The van der Waals surface area contributed by atoms with Crippen LogP contribution in [0.3, 0.4) is 0 Å². The minimum atomic E-state index is 0.0373. The Labute approximate surface area is 132 Å². The van der Waals surface area contributed by atoms with E-state index in [1.165, 1.54) is 56.1 Å². The highest BCUT2D eigenvalue weighted by atomic mass is 16.5. The topological polar surface area (TPSA) is 38.3 Å². The van der Waals surface area contributed by atoms with Crippen LogP contribution >= 0.6 is 0 Å². The summed E-state index contributed by atoms with van der Waals surface area (Å²) in [5.74, 6) is 2.45. The lowest BCUT2D eigenvalue weighted by atomic mass is 9.92. The highest BCUT2D eigenvalue weighted by Crippen LogP contribution is 2.44. The smallest absolute Gasteiger partial charge is 0.258 e. The van der Waals surface area contributed by atoms with E-state index in [1.807, 2.05) is 6.07 Å². The van der Waals surface area contributed by atoms with Gasteiger partial charge in [-0.1, -0.05) is 12.5 Å². The van der Waals surface area contributed by atoms with Crippen LogP contribution in [0.15, 0.2) is 18.2 Å². The lowest BCUT2D eigenvalue weighted by Crippen LogP contribution is -2.40. The van der Waals surface area contributed by atoms with Crippen LogP contribution in [0.1, 0.15) is 49.7 Å². The van der Waals surface area contributed by atoms with Gasteiger partial charge in [-0.05, 0) is 80.0 Å². The lowest BCUT2D eigenvalue weighted by molar-refractivity contribution is -0.124. The van der Waals surface area contributed by atoms with E-state index in [0.717, 1.165) is 24.0 Å². The van der Waals surface area contributed by atoms with Gasteiger partial charge in [0.15, 0.2) is 6.61 Å². The van der Waals surface area contributed by atoms with Gasteiger partial charge in [0.25, 0.3) is 5.91 Å². The summed E-state index contributed by atoms with van der Waals surface area (Å²) < 4.78 is 5.71. The minimum absolute atomic E-state index is 0.0373. The molecule has 0 unspecified atom stereocenters. The van der Waals surface area contributed by atoms with Gasteiger partial charge in [-0.15, -0.1) is 0 Å². The van der Waals surface area contributed by atoms with Crippen molar-refractivity contribution in [3.8, 4) is 5.75 Å². The van der Waals surface area contributed by atoms with Gasteiger partial charge in [0, 0.05) is 6.04 Å². The Kier molecular flexibility index (Phi) is 3.81. The van der Waals surface area contributed by atoms with E-state index in [-0.39, 0.29) is 12.5 Å². The Morgan fingerprint density at radius 3 is 2.77 bits per heavy atom. The molecule has 3 heteroatoms. The number of carbonyl (C=O) groups excluding carboxylic acids is 1. The molecule has 3 nitrogen and oxygen atoms in total. The van der Waals surface area contributed by atoms with Gasteiger partial charge in [0.05, 0.1) is 0 Å². The summed E-state index contributed by atoms with van der Waals surface area (Å²) in [5.41, 5.74) is 2.85. The van der Waals surface area contributed by atoms with Gasteiger partial charge >= 0.3 is 0 Å². The summed E-state index contributed by atoms with van der Waals surface area (Å²) in [6, 6.07) is 6.70. The number of amides is 1. The Bertz CT molecular complexity index is 569. The van der Waals surface area contributed by atoms with Crippen molar-refractivity contribution in [2.75, 3.05) is 6.61 Å². The standard InChI is InChI=1S/C19H25NO2/c21-19(20-18-10-13-5-6-16(18)9-13)12-22-17-8-7-14-3-1-2-4-15(14)11-17/h7-8,11,13,16,18H,1-6,9-10,12H2,(H,20,21)/t13-,16-,18+/m0/s1. The number of rotatable bonds is 4. The van der Waals surface area contributed by atoms with Gasteiger partial charge in [0.1, 0.15) is 5.75 Å². The lowest BCUT2D eigenvalue weighted by Gasteiger charge is -2.23. The van der Waals surface area contributed by atoms with Crippen molar-refractivity contribution in [2.45, 2.75) is 57.4 Å². The van der Waals surface area contributed by atoms with E-state index in [2.05, 4.69) is 17.4 Å². The maximum absolute atomic E-state index is 12.1. The molecule has 0 aromatic heterocycles. The highest BCUT2D eigenvalue weighted by molar-refractivity contribution is 5.78. The second-order valence-corrected chi connectivity index (χ2v) is 7.28. The largest absolute Gasteiger partial charge is 0.484 e. The average Bonchev–Trinajstić information content (AvgIpc) is 3.15. The summed E-state index contributed by atoms with van der Waals surface area (Å²) in [6.07, 6.45) is 10.0. The fourth-order valence-corrected chi connectivity index (χ4v) is 4.62. The van der Waals surface area contributed by atoms with Gasteiger partial charge in [-0.3, -0.25) is 4.79 Å². The number of ether oxygens (including phenoxy) is 1. The van der Waals surface area contributed by atoms with Crippen molar-refractivity contribution in [2.24, 2.45) is 11.8 Å². The number of nitrogens with one attached hydrogen (secondary N) is 1. The van der Waals surface area contributed by atoms with Crippen LogP contribution in [0.5, 0.6) is 5.75 Å². The molecule has 2 bridgehead atoms. The van der Waals surface area contributed by atoms with E-state index in [4.69, 9.17) is 4.74 Å². The molecule has 1 aromatic carbocycles. The molecule has 1 N–H and O–H groups in total. The summed E-state index contributed by atoms with van der Waals surface area (Å²) in [5, 5.41) is 3.18. The number of hydrogen-bond acceptors (Lipinski definition) is 2. The van der Waals surface area contributed by atoms with Crippen molar-refractivity contribution in [1.29, 1.82) is 0 Å². The van der Waals surface area contributed by atoms with E-state index in [9.17, 15) is 4.79 Å². The quantitative estimate of drug-likeness (QED) is 0.927. The molecule has 22 heavy (non-hydrogen) atoms. The first-order chi connectivity index (χ1) is 10.8. The van der Waals surface area contributed by atoms with E-state index in [1.54, 1.807) is 0 Å². The third-order valence-electron chi connectivity index (χ3n) is 5.77. The molecule has 3 aliphatic carbocycles. The van der Waals surface area contributed by atoms with Crippen LogP contribution in [0.25, 0.3) is 0 Å². The van der Waals surface area contributed by atoms with Crippen LogP contribution in [0, 0.1) is 11.8 Å². The molecule has 118 valence electrons. The van der Waals surface area contributed by atoms with Crippen molar-refractivity contribution in [3.05, 3.63) is 29.3 Å². The second-order valence-electron chi connectivity index (χ2n) is 7.28. The van der Waals surface area contributed by atoms with Crippen molar-refractivity contribution in [3.63, 3.8) is 0 Å². The molecule has 0 spiro atoms. The van der Waals surface area contributed by atoms with E-state index in [0.29, 0.717) is 6.04 Å². The molecular weight excluding hydrogens is 274 g/mol. The molecule has 0 radical (unpaired) electrons. The molecule has 2 fully saturated rings. The van der Waals surface area contributed by atoms with Crippen molar-refractivity contribution in [1.82, 2.24) is 5.32 Å². The van der Waals surface area contributed by atoms with Crippen molar-refractivity contribution < 1.29 is 9.53 Å². The summed E-state index contributed by atoms with van der Waals surface area (Å²) in [7, 11) is 0. The fourth-order valence-electron chi connectivity index (χ4n) is 4.62. The van der Waals surface area contributed by atoms with Gasteiger partial charge in [-0.25, -0.2) is 0 Å². The molecule has 0 saturated heterocycles. The third kappa shape index (κ3) is 2.86. The number of hydrogen-bond donors (Lipinski definition) is 1.